The van der Waals surface area contributed by atoms with Crippen LogP contribution < -0.4 is 20.1 Å². The van der Waals surface area contributed by atoms with Crippen LogP contribution in [-0.4, -0.2) is 24.4 Å². The number of rotatable bonds is 6. The fourth-order valence-electron chi connectivity index (χ4n) is 1.57. The summed E-state index contributed by atoms with van der Waals surface area (Å²) in [6.07, 6.45) is 0. The lowest BCUT2D eigenvalue weighted by molar-refractivity contribution is 0.332. The highest BCUT2D eigenvalue weighted by molar-refractivity contribution is 7.80. The molecule has 0 bridgehead atoms. The van der Waals surface area contributed by atoms with Crippen LogP contribution >= 0.6 is 12.2 Å². The SMILES string of the molecule is CCOc1ccc(OCC)c(NC(=S)NC(C)C)c1. The van der Waals surface area contributed by atoms with E-state index in [9.17, 15) is 0 Å². The minimum Gasteiger partial charge on any atom is -0.494 e. The van der Waals surface area contributed by atoms with Gasteiger partial charge in [0.05, 0.1) is 18.9 Å². The highest BCUT2D eigenvalue weighted by atomic mass is 32.1. The van der Waals surface area contributed by atoms with Crippen molar-refractivity contribution < 1.29 is 9.47 Å². The number of hydrogen-bond donors (Lipinski definition) is 2. The van der Waals surface area contributed by atoms with E-state index in [0.717, 1.165) is 17.2 Å². The molecule has 0 spiro atoms. The van der Waals surface area contributed by atoms with Crippen LogP contribution in [0.15, 0.2) is 18.2 Å². The number of nitrogens with one attached hydrogen (secondary N) is 2. The monoisotopic (exact) mass is 282 g/mol. The van der Waals surface area contributed by atoms with E-state index in [1.165, 1.54) is 0 Å². The zero-order chi connectivity index (χ0) is 14.3. The molecule has 0 heterocycles. The van der Waals surface area contributed by atoms with Gasteiger partial charge in [0.1, 0.15) is 11.5 Å². The first-order valence-electron chi connectivity index (χ1n) is 6.54. The van der Waals surface area contributed by atoms with Gasteiger partial charge in [0.15, 0.2) is 5.11 Å². The summed E-state index contributed by atoms with van der Waals surface area (Å²) in [7, 11) is 0. The largest absolute Gasteiger partial charge is 0.494 e. The molecule has 0 aliphatic heterocycles. The summed E-state index contributed by atoms with van der Waals surface area (Å²) in [5.41, 5.74) is 0.811. The number of hydrogen-bond acceptors (Lipinski definition) is 3. The van der Waals surface area contributed by atoms with Gasteiger partial charge >= 0.3 is 0 Å². The average molecular weight is 282 g/mol. The number of benzene rings is 1. The number of ether oxygens (including phenoxy) is 2. The lowest BCUT2D eigenvalue weighted by Crippen LogP contribution is -2.34. The van der Waals surface area contributed by atoms with E-state index in [4.69, 9.17) is 21.7 Å². The highest BCUT2D eigenvalue weighted by Crippen LogP contribution is 2.29. The third kappa shape index (κ3) is 5.34. The molecule has 0 fully saturated rings. The van der Waals surface area contributed by atoms with E-state index >= 15 is 0 Å². The molecule has 1 rings (SSSR count). The van der Waals surface area contributed by atoms with Crippen molar-refractivity contribution in [3.05, 3.63) is 18.2 Å². The Labute approximate surface area is 120 Å². The second-order valence-corrected chi connectivity index (χ2v) is 4.69. The van der Waals surface area contributed by atoms with Crippen molar-refractivity contribution in [1.82, 2.24) is 5.32 Å². The van der Waals surface area contributed by atoms with Crippen molar-refractivity contribution >= 4 is 23.0 Å². The summed E-state index contributed by atoms with van der Waals surface area (Å²) in [6, 6.07) is 5.95. The molecule has 1 aromatic rings. The maximum atomic E-state index is 5.57. The molecule has 2 N–H and O–H groups in total. The summed E-state index contributed by atoms with van der Waals surface area (Å²) in [5.74, 6) is 1.56. The van der Waals surface area contributed by atoms with Crippen molar-refractivity contribution in [2.24, 2.45) is 0 Å². The molecule has 0 saturated heterocycles. The van der Waals surface area contributed by atoms with Crippen LogP contribution in [0.2, 0.25) is 0 Å². The van der Waals surface area contributed by atoms with Gasteiger partial charge in [-0.2, -0.15) is 0 Å². The Morgan fingerprint density at radius 1 is 1.21 bits per heavy atom. The van der Waals surface area contributed by atoms with Crippen LogP contribution in [0.4, 0.5) is 5.69 Å². The van der Waals surface area contributed by atoms with Crippen molar-refractivity contribution in [1.29, 1.82) is 0 Å². The van der Waals surface area contributed by atoms with E-state index in [1.54, 1.807) is 0 Å². The quantitative estimate of drug-likeness (QED) is 0.784. The number of anilines is 1. The Morgan fingerprint density at radius 2 is 1.89 bits per heavy atom. The van der Waals surface area contributed by atoms with Crippen LogP contribution in [0.5, 0.6) is 11.5 Å². The molecule has 0 amide bonds. The Balaban J connectivity index is 2.86. The normalized spacial score (nSPS) is 10.2. The molecule has 1 aromatic carbocycles. The Morgan fingerprint density at radius 3 is 2.47 bits per heavy atom. The van der Waals surface area contributed by atoms with E-state index in [0.29, 0.717) is 18.3 Å². The van der Waals surface area contributed by atoms with Gasteiger partial charge in [0.2, 0.25) is 0 Å². The molecule has 106 valence electrons. The van der Waals surface area contributed by atoms with Gasteiger partial charge in [-0.05, 0) is 52.0 Å². The second-order valence-electron chi connectivity index (χ2n) is 4.28. The van der Waals surface area contributed by atoms with Crippen LogP contribution in [0.3, 0.4) is 0 Å². The summed E-state index contributed by atoms with van der Waals surface area (Å²) < 4.78 is 11.1. The summed E-state index contributed by atoms with van der Waals surface area (Å²) in [6.45, 7) is 9.21. The maximum Gasteiger partial charge on any atom is 0.171 e. The fraction of sp³-hybridized carbons (Fsp3) is 0.500. The van der Waals surface area contributed by atoms with Crippen LogP contribution in [0.1, 0.15) is 27.7 Å². The van der Waals surface area contributed by atoms with Crippen molar-refractivity contribution in [2.75, 3.05) is 18.5 Å². The molecular formula is C14H22N2O2S. The van der Waals surface area contributed by atoms with E-state index in [-0.39, 0.29) is 6.04 Å². The summed E-state index contributed by atoms with van der Waals surface area (Å²) in [5, 5.41) is 6.85. The van der Waals surface area contributed by atoms with Crippen LogP contribution in [0.25, 0.3) is 0 Å². The van der Waals surface area contributed by atoms with E-state index < -0.39 is 0 Å². The zero-order valence-electron chi connectivity index (χ0n) is 11.9. The van der Waals surface area contributed by atoms with Crippen LogP contribution in [-0.2, 0) is 0 Å². The predicted octanol–water partition coefficient (Wildman–Crippen LogP) is 3.18. The van der Waals surface area contributed by atoms with Gasteiger partial charge in [0, 0.05) is 12.1 Å². The zero-order valence-corrected chi connectivity index (χ0v) is 12.8. The van der Waals surface area contributed by atoms with Gasteiger partial charge in [-0.3, -0.25) is 0 Å². The molecule has 5 heteroatoms. The average Bonchev–Trinajstić information content (AvgIpc) is 2.32. The molecule has 0 atom stereocenters. The highest BCUT2D eigenvalue weighted by Gasteiger charge is 2.08. The lowest BCUT2D eigenvalue weighted by Gasteiger charge is -2.17. The lowest BCUT2D eigenvalue weighted by atomic mass is 10.2. The summed E-state index contributed by atoms with van der Waals surface area (Å²) >= 11 is 5.25. The number of thiocarbonyl (C=S) groups is 1. The Hall–Kier alpha value is -1.49. The molecule has 0 saturated carbocycles. The predicted molar refractivity (Wildman–Crippen MR) is 83.3 cm³/mol. The van der Waals surface area contributed by atoms with Crippen molar-refractivity contribution in [2.45, 2.75) is 33.7 Å². The topological polar surface area (TPSA) is 42.5 Å². The first-order chi connectivity index (χ1) is 9.06. The second kappa shape index (κ2) is 7.84. The Bertz CT molecular complexity index is 422. The maximum absolute atomic E-state index is 5.57. The van der Waals surface area contributed by atoms with Crippen LogP contribution in [0, 0.1) is 0 Å². The van der Waals surface area contributed by atoms with Gasteiger partial charge in [-0.1, -0.05) is 0 Å². The molecule has 0 unspecified atom stereocenters. The van der Waals surface area contributed by atoms with Gasteiger partial charge in [0.25, 0.3) is 0 Å². The third-order valence-corrected chi connectivity index (χ3v) is 2.45. The molecule has 0 aliphatic carbocycles. The van der Waals surface area contributed by atoms with E-state index in [1.807, 2.05) is 45.9 Å². The molecule has 0 radical (unpaired) electrons. The van der Waals surface area contributed by atoms with E-state index in [2.05, 4.69) is 10.6 Å². The molecule has 0 aliphatic rings. The van der Waals surface area contributed by atoms with Crippen molar-refractivity contribution in [3.63, 3.8) is 0 Å². The van der Waals surface area contributed by atoms with Gasteiger partial charge in [-0.25, -0.2) is 0 Å². The van der Waals surface area contributed by atoms with Gasteiger partial charge in [-0.15, -0.1) is 0 Å². The first kappa shape index (κ1) is 15.6. The molecule has 0 aromatic heterocycles. The standard InChI is InChI=1S/C14H22N2O2S/c1-5-17-11-7-8-13(18-6-2)12(9-11)16-14(19)15-10(3)4/h7-10H,5-6H2,1-4H3,(H2,15,16,19). The van der Waals surface area contributed by atoms with Gasteiger partial charge < -0.3 is 20.1 Å². The first-order valence-corrected chi connectivity index (χ1v) is 6.94. The molecule has 19 heavy (non-hydrogen) atoms. The minimum absolute atomic E-state index is 0.283. The minimum atomic E-state index is 0.283. The Kier molecular flexibility index (Phi) is 6.42. The van der Waals surface area contributed by atoms with Crippen molar-refractivity contribution in [3.8, 4) is 11.5 Å². The third-order valence-electron chi connectivity index (χ3n) is 2.23. The molecular weight excluding hydrogens is 260 g/mol. The molecule has 4 nitrogen and oxygen atoms in total. The fourth-order valence-corrected chi connectivity index (χ4v) is 1.91. The summed E-state index contributed by atoms with van der Waals surface area (Å²) in [4.78, 5) is 0. The smallest absolute Gasteiger partial charge is 0.171 e.